The fraction of sp³-hybridized carbons (Fsp3) is 0.866. The molecule has 3 aliphatic heterocycles. The van der Waals surface area contributed by atoms with Gasteiger partial charge in [0.1, 0.15) is 67.1 Å². The van der Waals surface area contributed by atoms with Gasteiger partial charge in [0.2, 0.25) is 11.8 Å². The molecule has 0 radical (unpaired) electrons. The van der Waals surface area contributed by atoms with Gasteiger partial charge in [-0.15, -0.1) is 0 Å². The second kappa shape index (κ2) is 47.8. The summed E-state index contributed by atoms with van der Waals surface area (Å²) in [5.41, 5.74) is 0. The van der Waals surface area contributed by atoms with Crippen LogP contribution < -0.4 is 10.6 Å². The summed E-state index contributed by atoms with van der Waals surface area (Å²) in [5, 5.41) is 136. The Labute approximate surface area is 536 Å². The van der Waals surface area contributed by atoms with E-state index < -0.39 is 155 Å². The zero-order chi connectivity index (χ0) is 66.1. The highest BCUT2D eigenvalue weighted by molar-refractivity contribution is 5.77. The smallest absolute Gasteiger partial charge is 0.364 e. The van der Waals surface area contributed by atoms with E-state index >= 15 is 0 Å². The van der Waals surface area contributed by atoms with Gasteiger partial charge in [0, 0.05) is 19.8 Å². The molecule has 0 bridgehead atoms. The molecule has 2 amide bonds. The van der Waals surface area contributed by atoms with E-state index in [1.54, 1.807) is 6.08 Å². The molecule has 524 valence electrons. The zero-order valence-corrected chi connectivity index (χ0v) is 54.5. The number of unbranched alkanes of at least 4 members (excludes halogenated alkanes) is 28. The maximum absolute atomic E-state index is 13.4. The number of nitrogens with one attached hydrogen (secondary N) is 2. The molecule has 23 nitrogen and oxygen atoms in total. The first-order valence-electron chi connectivity index (χ1n) is 34.4. The Balaban J connectivity index is 1.61. The van der Waals surface area contributed by atoms with Crippen molar-refractivity contribution in [3.63, 3.8) is 0 Å². The Morgan fingerprint density at radius 2 is 1.07 bits per heavy atom. The first kappa shape index (κ1) is 81.2. The van der Waals surface area contributed by atoms with Crippen LogP contribution in [0.15, 0.2) is 36.5 Å². The highest BCUT2D eigenvalue weighted by Gasteiger charge is 2.60. The van der Waals surface area contributed by atoms with Crippen LogP contribution in [-0.4, -0.2) is 215 Å². The van der Waals surface area contributed by atoms with E-state index in [1.807, 2.05) is 6.08 Å². The fourth-order valence-corrected chi connectivity index (χ4v) is 11.8. The number of aliphatic carboxylic acids is 1. The third-order valence-corrected chi connectivity index (χ3v) is 17.3. The first-order chi connectivity index (χ1) is 43.4. The number of hydrogen-bond donors (Lipinski definition) is 14. The summed E-state index contributed by atoms with van der Waals surface area (Å²) in [4.78, 5) is 38.5. The highest BCUT2D eigenvalue weighted by Crippen LogP contribution is 2.39. The van der Waals surface area contributed by atoms with E-state index in [0.29, 0.717) is 12.8 Å². The minimum Gasteiger partial charge on any atom is -0.477 e. The molecule has 0 aliphatic carbocycles. The van der Waals surface area contributed by atoms with Crippen LogP contribution >= 0.6 is 0 Å². The van der Waals surface area contributed by atoms with Gasteiger partial charge in [0.05, 0.1) is 50.7 Å². The van der Waals surface area contributed by atoms with Gasteiger partial charge < -0.3 is 100 Å². The van der Waals surface area contributed by atoms with Crippen LogP contribution in [0.1, 0.15) is 233 Å². The van der Waals surface area contributed by atoms with Crippen molar-refractivity contribution >= 4 is 17.8 Å². The topological polar surface area (TPSA) is 373 Å². The van der Waals surface area contributed by atoms with Crippen molar-refractivity contribution < 1.29 is 104 Å². The largest absolute Gasteiger partial charge is 0.477 e. The number of carbonyl (C=O) groups is 3. The third-order valence-electron chi connectivity index (χ3n) is 17.3. The van der Waals surface area contributed by atoms with E-state index in [4.69, 9.17) is 28.4 Å². The Kier molecular flexibility index (Phi) is 43.1. The van der Waals surface area contributed by atoms with Crippen molar-refractivity contribution in [1.82, 2.24) is 10.6 Å². The normalized spacial score (nSPS) is 28.8. The lowest BCUT2D eigenvalue weighted by Crippen LogP contribution is -2.70. The van der Waals surface area contributed by atoms with Crippen LogP contribution in [0.4, 0.5) is 0 Å². The van der Waals surface area contributed by atoms with Crippen LogP contribution in [0.2, 0.25) is 0 Å². The molecule has 0 aromatic heterocycles. The van der Waals surface area contributed by atoms with Gasteiger partial charge in [-0.1, -0.05) is 204 Å². The average Bonchev–Trinajstić information content (AvgIpc) is 0.838. The number of ether oxygens (including phenoxy) is 6. The van der Waals surface area contributed by atoms with Gasteiger partial charge in [0.25, 0.3) is 5.79 Å². The van der Waals surface area contributed by atoms with Gasteiger partial charge in [-0.3, -0.25) is 9.59 Å². The number of hydrogen-bond acceptors (Lipinski definition) is 20. The van der Waals surface area contributed by atoms with Crippen LogP contribution in [0.25, 0.3) is 0 Å². The number of aliphatic hydroxyl groups excluding tert-OH is 11. The van der Waals surface area contributed by atoms with Crippen LogP contribution in [0, 0.1) is 0 Å². The van der Waals surface area contributed by atoms with E-state index in [0.717, 1.165) is 71.1 Å². The molecule has 23 heteroatoms. The minimum atomic E-state index is -3.08. The van der Waals surface area contributed by atoms with E-state index in [2.05, 4.69) is 48.8 Å². The molecule has 0 aromatic carbocycles. The molecule has 14 N–H and O–H groups in total. The Bertz CT molecular complexity index is 1970. The number of carboxylic acid groups (broad SMARTS) is 1. The summed E-state index contributed by atoms with van der Waals surface area (Å²) in [6.07, 6.45) is 19.0. The van der Waals surface area contributed by atoms with Gasteiger partial charge in [0.15, 0.2) is 12.6 Å². The number of carboxylic acids is 1. The predicted octanol–water partition coefficient (Wildman–Crippen LogP) is 5.84. The summed E-state index contributed by atoms with van der Waals surface area (Å²) in [5.74, 6) is -6.16. The van der Waals surface area contributed by atoms with Crippen molar-refractivity contribution in [3.05, 3.63) is 36.5 Å². The van der Waals surface area contributed by atoms with Crippen molar-refractivity contribution in [1.29, 1.82) is 0 Å². The van der Waals surface area contributed by atoms with Gasteiger partial charge in [-0.05, 0) is 44.9 Å². The van der Waals surface area contributed by atoms with Crippen molar-refractivity contribution in [3.8, 4) is 0 Å². The summed E-state index contributed by atoms with van der Waals surface area (Å²) >= 11 is 0. The van der Waals surface area contributed by atoms with Gasteiger partial charge in [-0.2, -0.15) is 0 Å². The maximum Gasteiger partial charge on any atom is 0.364 e. The monoisotopic (exact) mass is 1290 g/mol. The summed E-state index contributed by atoms with van der Waals surface area (Å²) in [7, 11) is 0. The molecule has 0 spiro atoms. The number of allylic oxidation sites excluding steroid dienone is 5. The number of rotatable bonds is 51. The standard InChI is InChI=1S/C67H120N2O21/c1-4-6-8-10-12-14-16-18-20-21-22-23-24-25-27-28-30-32-34-36-38-40-49(74)48(69-54(77)41-39-37-35-33-31-29-26-19-17-15-13-11-9-7-5-2)46-85-64-59(81)58(80)61(53(45-72)87-64)88-65-60(82)63(57(79)52(44-71)86-65)90-67(66(83)84)42-50(75)55(68-47(3)73)62(89-67)56(78)51(76)43-70/h13,15,17,19,38,40,48-53,55-65,70-72,74-76,78-82H,4-12,14,16,18,20-37,39,41-46H2,1-3H3,(H,68,73)(H,69,77)(H,83,84)/b15-13-,19-17-,40-38+. The van der Waals surface area contributed by atoms with Crippen LogP contribution in [-0.2, 0) is 42.8 Å². The Hall–Kier alpha value is -3.05. The van der Waals surface area contributed by atoms with E-state index in [1.165, 1.54) is 122 Å². The third kappa shape index (κ3) is 30.1. The minimum absolute atomic E-state index is 0.186. The molecule has 3 heterocycles. The quantitative estimate of drug-likeness (QED) is 0.0193. The molecule has 0 aromatic rings. The molecule has 0 saturated carbocycles. The summed E-state index contributed by atoms with van der Waals surface area (Å²) < 4.78 is 34.8. The lowest BCUT2D eigenvalue weighted by atomic mass is 9.88. The van der Waals surface area contributed by atoms with E-state index in [9.17, 15) is 75.7 Å². The van der Waals surface area contributed by atoms with Gasteiger partial charge >= 0.3 is 5.97 Å². The van der Waals surface area contributed by atoms with Crippen molar-refractivity contribution in [2.24, 2.45) is 0 Å². The lowest BCUT2D eigenvalue weighted by Gasteiger charge is -2.50. The predicted molar refractivity (Wildman–Crippen MR) is 338 cm³/mol. The zero-order valence-electron chi connectivity index (χ0n) is 54.5. The van der Waals surface area contributed by atoms with Crippen LogP contribution in [0.3, 0.4) is 0 Å². The Morgan fingerprint density at radius 3 is 1.57 bits per heavy atom. The molecule has 3 aliphatic rings. The molecule has 3 fully saturated rings. The molecule has 18 atom stereocenters. The summed E-state index contributed by atoms with van der Waals surface area (Å²) in [6, 6.07) is -2.63. The van der Waals surface area contributed by atoms with Crippen molar-refractivity contribution in [2.45, 2.75) is 342 Å². The number of carbonyl (C=O) groups excluding carboxylic acids is 2. The second-order valence-electron chi connectivity index (χ2n) is 25.1. The average molecular weight is 1290 g/mol. The van der Waals surface area contributed by atoms with Gasteiger partial charge in [-0.25, -0.2) is 4.79 Å². The fourth-order valence-electron chi connectivity index (χ4n) is 11.8. The van der Waals surface area contributed by atoms with Crippen molar-refractivity contribution in [2.75, 3.05) is 26.4 Å². The number of amides is 2. The van der Waals surface area contributed by atoms with Crippen LogP contribution in [0.5, 0.6) is 0 Å². The first-order valence-corrected chi connectivity index (χ1v) is 34.4. The maximum atomic E-state index is 13.4. The SMILES string of the molecule is CCCCC/C=C\C=C/CCCCCCCCC(=O)NC(COC1OC(CO)C(OC2OC(CO)C(O)C(OC3(C(=O)O)CC(O)C(NC(C)=O)C(C(O)C(O)CO)O3)C2O)C(O)C1O)C(O)/C=C/CCCCCCCCCCCCCCCCCCCCC. The summed E-state index contributed by atoms with van der Waals surface area (Å²) in [6.45, 7) is 2.09. The Morgan fingerprint density at radius 1 is 0.589 bits per heavy atom. The second-order valence-corrected chi connectivity index (χ2v) is 25.1. The molecule has 3 saturated heterocycles. The molecular weight excluding hydrogens is 1170 g/mol. The van der Waals surface area contributed by atoms with E-state index in [-0.39, 0.29) is 12.3 Å². The highest BCUT2D eigenvalue weighted by atomic mass is 16.8. The molecule has 18 unspecified atom stereocenters. The number of aliphatic hydroxyl groups is 11. The molecule has 3 rings (SSSR count). The lowest BCUT2D eigenvalue weighted by molar-refractivity contribution is -0.386. The molecular formula is C67H120N2O21. The molecule has 90 heavy (non-hydrogen) atoms.